The summed E-state index contributed by atoms with van der Waals surface area (Å²) in [5.74, 6) is 2.62. The molecule has 1 aromatic heterocycles. The molecule has 4 heteroatoms. The largest absolute Gasteiger partial charge is 0.383 e. The van der Waals surface area contributed by atoms with E-state index < -0.39 is 0 Å². The Hall–Kier alpha value is -1.32. The lowest BCUT2D eigenvalue weighted by Crippen LogP contribution is -2.40. The first-order valence-electron chi connectivity index (χ1n) is 6.92. The van der Waals surface area contributed by atoms with Crippen LogP contribution in [-0.2, 0) is 0 Å². The molecule has 0 radical (unpaired) electrons. The maximum absolute atomic E-state index is 6.03. The first-order chi connectivity index (χ1) is 8.55. The Labute approximate surface area is 117 Å². The molecule has 1 heterocycles. The number of rotatable bonds is 3. The van der Waals surface area contributed by atoms with Crippen LogP contribution in [0.25, 0.3) is 0 Å². The summed E-state index contributed by atoms with van der Waals surface area (Å²) in [6, 6.07) is 0.362. The fourth-order valence-electron chi connectivity index (χ4n) is 1.91. The molecule has 0 aliphatic rings. The van der Waals surface area contributed by atoms with E-state index in [1.54, 1.807) is 0 Å². The minimum atomic E-state index is 0.179. The molecule has 2 N–H and O–H groups in total. The molecule has 1 unspecified atom stereocenters. The molecule has 0 fully saturated rings. The van der Waals surface area contributed by atoms with Crippen LogP contribution in [0.5, 0.6) is 0 Å². The third-order valence-electron chi connectivity index (χ3n) is 3.86. The fourth-order valence-corrected chi connectivity index (χ4v) is 1.91. The summed E-state index contributed by atoms with van der Waals surface area (Å²) < 4.78 is 0. The van der Waals surface area contributed by atoms with E-state index in [-0.39, 0.29) is 11.3 Å². The van der Waals surface area contributed by atoms with Gasteiger partial charge in [-0.05, 0) is 19.3 Å². The Kier molecular flexibility index (Phi) is 4.43. The quantitative estimate of drug-likeness (QED) is 0.909. The van der Waals surface area contributed by atoms with Crippen molar-refractivity contribution < 1.29 is 0 Å². The average molecular weight is 264 g/mol. The van der Waals surface area contributed by atoms with Crippen LogP contribution in [0.4, 0.5) is 11.6 Å². The SMILES string of the molecule is Cc1c(N)nc(C(C)C)nc1N(C)C(C)C(C)(C)C. The van der Waals surface area contributed by atoms with Gasteiger partial charge >= 0.3 is 0 Å². The second kappa shape index (κ2) is 5.35. The molecule has 108 valence electrons. The van der Waals surface area contributed by atoms with Gasteiger partial charge in [-0.2, -0.15) is 0 Å². The molecule has 0 aliphatic carbocycles. The van der Waals surface area contributed by atoms with Crippen molar-refractivity contribution in [2.24, 2.45) is 5.41 Å². The van der Waals surface area contributed by atoms with Crippen LogP contribution in [0.1, 0.15) is 58.8 Å². The van der Waals surface area contributed by atoms with Crippen LogP contribution >= 0.6 is 0 Å². The highest BCUT2D eigenvalue weighted by Crippen LogP contribution is 2.30. The number of nitrogens with two attached hydrogens (primary N) is 1. The first-order valence-corrected chi connectivity index (χ1v) is 6.92. The highest BCUT2D eigenvalue weighted by atomic mass is 15.2. The van der Waals surface area contributed by atoms with Gasteiger partial charge in [-0.25, -0.2) is 9.97 Å². The normalized spacial score (nSPS) is 13.7. The summed E-state index contributed by atoms with van der Waals surface area (Å²) >= 11 is 0. The molecule has 1 rings (SSSR count). The molecule has 0 aliphatic heterocycles. The molecule has 1 atom stereocenters. The zero-order valence-corrected chi connectivity index (χ0v) is 13.6. The maximum atomic E-state index is 6.03. The number of anilines is 2. The summed E-state index contributed by atoms with van der Waals surface area (Å²) in [5.41, 5.74) is 7.17. The van der Waals surface area contributed by atoms with E-state index in [1.165, 1.54) is 0 Å². The van der Waals surface area contributed by atoms with E-state index in [0.717, 1.165) is 17.2 Å². The molecule has 0 amide bonds. The average Bonchev–Trinajstić information content (AvgIpc) is 2.29. The van der Waals surface area contributed by atoms with Gasteiger partial charge in [0.15, 0.2) is 0 Å². The molecule has 19 heavy (non-hydrogen) atoms. The van der Waals surface area contributed by atoms with Crippen molar-refractivity contribution in [2.75, 3.05) is 17.7 Å². The predicted molar refractivity (Wildman–Crippen MR) is 82.6 cm³/mol. The monoisotopic (exact) mass is 264 g/mol. The molecule has 0 saturated carbocycles. The third-order valence-corrected chi connectivity index (χ3v) is 3.86. The van der Waals surface area contributed by atoms with Gasteiger partial charge in [-0.15, -0.1) is 0 Å². The van der Waals surface area contributed by atoms with Crippen LogP contribution in [0.15, 0.2) is 0 Å². The van der Waals surface area contributed by atoms with Crippen LogP contribution < -0.4 is 10.6 Å². The lowest BCUT2D eigenvalue weighted by molar-refractivity contribution is 0.328. The maximum Gasteiger partial charge on any atom is 0.137 e. The van der Waals surface area contributed by atoms with Gasteiger partial charge in [0.05, 0.1) is 0 Å². The standard InChI is InChI=1S/C15H28N4/c1-9(2)13-17-12(16)10(3)14(18-13)19(8)11(4)15(5,6)7/h9,11H,1-8H3,(H2,16,17,18). The zero-order valence-electron chi connectivity index (χ0n) is 13.6. The second-order valence-corrected chi connectivity index (χ2v) is 6.72. The summed E-state index contributed by atoms with van der Waals surface area (Å²) in [4.78, 5) is 11.3. The Bertz CT molecular complexity index is 446. The molecule has 1 aromatic rings. The van der Waals surface area contributed by atoms with Gasteiger partial charge in [-0.1, -0.05) is 34.6 Å². The molecule has 0 bridgehead atoms. The van der Waals surface area contributed by atoms with E-state index in [1.807, 2.05) is 6.92 Å². The van der Waals surface area contributed by atoms with E-state index in [4.69, 9.17) is 10.7 Å². The Morgan fingerprint density at radius 1 is 1.11 bits per heavy atom. The van der Waals surface area contributed by atoms with Crippen molar-refractivity contribution in [3.8, 4) is 0 Å². The van der Waals surface area contributed by atoms with E-state index in [9.17, 15) is 0 Å². The van der Waals surface area contributed by atoms with Gasteiger partial charge in [-0.3, -0.25) is 0 Å². The Morgan fingerprint density at radius 3 is 2.05 bits per heavy atom. The van der Waals surface area contributed by atoms with Crippen molar-refractivity contribution in [3.63, 3.8) is 0 Å². The van der Waals surface area contributed by atoms with Crippen LogP contribution in [0.3, 0.4) is 0 Å². The Balaban J connectivity index is 3.26. The van der Waals surface area contributed by atoms with Crippen molar-refractivity contribution in [3.05, 3.63) is 11.4 Å². The zero-order chi connectivity index (χ0) is 15.0. The predicted octanol–water partition coefficient (Wildman–Crippen LogP) is 3.36. The summed E-state index contributed by atoms with van der Waals surface area (Å²) in [5, 5.41) is 0. The number of hydrogen-bond acceptors (Lipinski definition) is 4. The van der Waals surface area contributed by atoms with Crippen molar-refractivity contribution in [2.45, 2.75) is 60.4 Å². The molecular weight excluding hydrogens is 236 g/mol. The highest BCUT2D eigenvalue weighted by Gasteiger charge is 2.26. The number of nitrogen functional groups attached to an aromatic ring is 1. The highest BCUT2D eigenvalue weighted by molar-refractivity contribution is 5.56. The Morgan fingerprint density at radius 2 is 1.63 bits per heavy atom. The smallest absolute Gasteiger partial charge is 0.137 e. The van der Waals surface area contributed by atoms with E-state index in [0.29, 0.717) is 11.9 Å². The number of aromatic nitrogens is 2. The van der Waals surface area contributed by atoms with E-state index >= 15 is 0 Å². The molecule has 0 spiro atoms. The summed E-state index contributed by atoms with van der Waals surface area (Å²) in [6.45, 7) is 15.1. The second-order valence-electron chi connectivity index (χ2n) is 6.72. The van der Waals surface area contributed by atoms with Gasteiger partial charge in [0.25, 0.3) is 0 Å². The fraction of sp³-hybridized carbons (Fsp3) is 0.733. The van der Waals surface area contributed by atoms with Crippen molar-refractivity contribution in [1.82, 2.24) is 9.97 Å². The number of hydrogen-bond donors (Lipinski definition) is 1. The lowest BCUT2D eigenvalue weighted by Gasteiger charge is -2.37. The molecular formula is C15H28N4. The summed E-state index contributed by atoms with van der Waals surface area (Å²) in [6.07, 6.45) is 0. The van der Waals surface area contributed by atoms with Crippen molar-refractivity contribution >= 4 is 11.6 Å². The minimum Gasteiger partial charge on any atom is -0.383 e. The third kappa shape index (κ3) is 3.37. The molecule has 4 nitrogen and oxygen atoms in total. The van der Waals surface area contributed by atoms with Gasteiger partial charge in [0, 0.05) is 24.6 Å². The number of nitrogens with zero attached hydrogens (tertiary/aromatic N) is 3. The topological polar surface area (TPSA) is 55.0 Å². The lowest BCUT2D eigenvalue weighted by atomic mass is 9.87. The first kappa shape index (κ1) is 15.7. The minimum absolute atomic E-state index is 0.179. The van der Waals surface area contributed by atoms with Gasteiger partial charge < -0.3 is 10.6 Å². The van der Waals surface area contributed by atoms with Crippen LogP contribution in [-0.4, -0.2) is 23.1 Å². The van der Waals surface area contributed by atoms with E-state index in [2.05, 4.69) is 58.5 Å². The molecule has 0 saturated heterocycles. The van der Waals surface area contributed by atoms with Gasteiger partial charge in [0.1, 0.15) is 17.5 Å². The summed E-state index contributed by atoms with van der Waals surface area (Å²) in [7, 11) is 2.08. The van der Waals surface area contributed by atoms with Crippen molar-refractivity contribution in [1.29, 1.82) is 0 Å². The molecule has 0 aromatic carbocycles. The van der Waals surface area contributed by atoms with Crippen LogP contribution in [0, 0.1) is 12.3 Å². The van der Waals surface area contributed by atoms with Crippen LogP contribution in [0.2, 0.25) is 0 Å². The van der Waals surface area contributed by atoms with Gasteiger partial charge in [0.2, 0.25) is 0 Å².